The van der Waals surface area contributed by atoms with Gasteiger partial charge in [0.15, 0.2) is 0 Å². The average Bonchev–Trinajstić information content (AvgIpc) is 2.27. The van der Waals surface area contributed by atoms with Crippen molar-refractivity contribution in [2.75, 3.05) is 7.11 Å². The van der Waals surface area contributed by atoms with Gasteiger partial charge >= 0.3 is 0 Å². The van der Waals surface area contributed by atoms with Crippen molar-refractivity contribution in [3.8, 4) is 0 Å². The summed E-state index contributed by atoms with van der Waals surface area (Å²) in [5.41, 5.74) is 0.817. The van der Waals surface area contributed by atoms with Gasteiger partial charge in [-0.2, -0.15) is 0 Å². The molecular weight excluding hydrogens is 138 g/mol. The molecule has 11 heavy (non-hydrogen) atoms. The lowest BCUT2D eigenvalue weighted by Crippen LogP contribution is -1.88. The highest BCUT2D eigenvalue weighted by Gasteiger charge is 2.01. The van der Waals surface area contributed by atoms with Gasteiger partial charge in [0.05, 0.1) is 7.11 Å². The summed E-state index contributed by atoms with van der Waals surface area (Å²) >= 11 is 0. The van der Waals surface area contributed by atoms with E-state index in [1.54, 1.807) is 7.11 Å². The maximum Gasteiger partial charge on any atom is 0.125 e. The molecule has 0 unspecified atom stereocenters. The fourth-order valence-corrected chi connectivity index (χ4v) is 0.927. The molecule has 2 heteroatoms. The summed E-state index contributed by atoms with van der Waals surface area (Å²) in [6.45, 7) is 3.46. The summed E-state index contributed by atoms with van der Waals surface area (Å²) in [7, 11) is 1.65. The van der Waals surface area contributed by atoms with Crippen molar-refractivity contribution >= 4 is 6.72 Å². The van der Waals surface area contributed by atoms with E-state index in [0.717, 1.165) is 17.9 Å². The first-order valence-electron chi connectivity index (χ1n) is 3.45. The lowest BCUT2D eigenvalue weighted by molar-refractivity contribution is 0.281. The molecule has 1 rings (SSSR count). The van der Waals surface area contributed by atoms with E-state index in [-0.39, 0.29) is 0 Å². The molecule has 0 spiro atoms. The molecule has 0 fully saturated rings. The maximum absolute atomic E-state index is 5.12. The van der Waals surface area contributed by atoms with E-state index in [0.29, 0.717) is 0 Å². The van der Waals surface area contributed by atoms with E-state index in [1.165, 1.54) is 0 Å². The van der Waals surface area contributed by atoms with Gasteiger partial charge in [-0.15, -0.1) is 0 Å². The molecule has 0 amide bonds. The molecule has 1 aliphatic carbocycles. The van der Waals surface area contributed by atoms with Crippen molar-refractivity contribution in [3.63, 3.8) is 0 Å². The lowest BCUT2D eigenvalue weighted by atomic mass is 10.3. The van der Waals surface area contributed by atoms with Gasteiger partial charge in [0, 0.05) is 6.42 Å². The molecule has 0 bridgehead atoms. The zero-order chi connectivity index (χ0) is 8.10. The third-order valence-electron chi connectivity index (χ3n) is 1.51. The average molecular weight is 149 g/mol. The molecule has 0 aromatic heterocycles. The third-order valence-corrected chi connectivity index (χ3v) is 1.51. The monoisotopic (exact) mass is 149 g/mol. The van der Waals surface area contributed by atoms with Gasteiger partial charge in [0.2, 0.25) is 0 Å². The van der Waals surface area contributed by atoms with Gasteiger partial charge in [-0.3, -0.25) is 4.99 Å². The number of aliphatic imine (C=N–C) groups is 1. The van der Waals surface area contributed by atoms with Crippen molar-refractivity contribution in [1.82, 2.24) is 0 Å². The first-order chi connectivity index (χ1) is 5.38. The quantitative estimate of drug-likeness (QED) is 0.551. The van der Waals surface area contributed by atoms with Gasteiger partial charge in [-0.1, -0.05) is 18.2 Å². The van der Waals surface area contributed by atoms with Crippen LogP contribution in [0.5, 0.6) is 0 Å². The van der Waals surface area contributed by atoms with Gasteiger partial charge in [-0.05, 0) is 12.8 Å². The molecule has 2 nitrogen and oxygen atoms in total. The fourth-order valence-electron chi connectivity index (χ4n) is 0.927. The smallest absolute Gasteiger partial charge is 0.125 e. The van der Waals surface area contributed by atoms with Crippen LogP contribution in [0.25, 0.3) is 0 Å². The Morgan fingerprint density at radius 2 is 2.36 bits per heavy atom. The zero-order valence-corrected chi connectivity index (χ0v) is 6.58. The Hall–Kier alpha value is -1.31. The summed E-state index contributed by atoms with van der Waals surface area (Å²) in [6.07, 6.45) is 8.59. The Labute approximate surface area is 66.6 Å². The van der Waals surface area contributed by atoms with Crippen molar-refractivity contribution in [2.24, 2.45) is 4.99 Å². The molecule has 0 N–H and O–H groups in total. The normalized spacial score (nSPS) is 16.5. The van der Waals surface area contributed by atoms with Crippen LogP contribution in [0.1, 0.15) is 6.42 Å². The van der Waals surface area contributed by atoms with E-state index in [1.807, 2.05) is 24.3 Å². The second kappa shape index (κ2) is 3.76. The molecule has 0 aliphatic heterocycles. The molecule has 0 aromatic rings. The summed E-state index contributed by atoms with van der Waals surface area (Å²) in [5, 5.41) is 0. The minimum absolute atomic E-state index is 0.790. The Morgan fingerprint density at radius 3 is 3.00 bits per heavy atom. The van der Waals surface area contributed by atoms with Crippen molar-refractivity contribution < 1.29 is 4.74 Å². The number of methoxy groups -OCH3 is 1. The summed E-state index contributed by atoms with van der Waals surface area (Å²) in [5.74, 6) is 0.866. The SMILES string of the molecule is C=NC1=C(OC)CC=CC=C1. The van der Waals surface area contributed by atoms with Crippen LogP contribution in [-0.2, 0) is 4.74 Å². The number of ether oxygens (including phenoxy) is 1. The van der Waals surface area contributed by atoms with Crippen molar-refractivity contribution in [2.45, 2.75) is 6.42 Å². The molecule has 58 valence electrons. The predicted octanol–water partition coefficient (Wildman–Crippen LogP) is 2.06. The third kappa shape index (κ3) is 1.80. The second-order valence-corrected chi connectivity index (χ2v) is 2.16. The van der Waals surface area contributed by atoms with E-state index in [2.05, 4.69) is 11.7 Å². The zero-order valence-electron chi connectivity index (χ0n) is 6.58. The van der Waals surface area contributed by atoms with Crippen LogP contribution >= 0.6 is 0 Å². The molecule has 0 aromatic carbocycles. The Kier molecular flexibility index (Phi) is 2.66. The Bertz CT molecular complexity index is 236. The number of allylic oxidation sites excluding steroid dienone is 4. The van der Waals surface area contributed by atoms with E-state index >= 15 is 0 Å². The van der Waals surface area contributed by atoms with Gasteiger partial charge < -0.3 is 4.74 Å². The highest BCUT2D eigenvalue weighted by molar-refractivity contribution is 5.37. The number of hydrogen-bond acceptors (Lipinski definition) is 2. The van der Waals surface area contributed by atoms with Crippen molar-refractivity contribution in [1.29, 1.82) is 0 Å². The van der Waals surface area contributed by atoms with Crippen LogP contribution in [0.4, 0.5) is 0 Å². The fraction of sp³-hybridized carbons (Fsp3) is 0.222. The van der Waals surface area contributed by atoms with Crippen LogP contribution in [0.15, 0.2) is 40.8 Å². The van der Waals surface area contributed by atoms with E-state index in [4.69, 9.17) is 4.74 Å². The first-order valence-corrected chi connectivity index (χ1v) is 3.45. The number of nitrogens with zero attached hydrogens (tertiary/aromatic N) is 1. The van der Waals surface area contributed by atoms with Crippen LogP contribution < -0.4 is 0 Å². The maximum atomic E-state index is 5.12. The van der Waals surface area contributed by atoms with Crippen molar-refractivity contribution in [3.05, 3.63) is 35.8 Å². The second-order valence-electron chi connectivity index (χ2n) is 2.16. The largest absolute Gasteiger partial charge is 0.499 e. The van der Waals surface area contributed by atoms with Crippen LogP contribution in [0, 0.1) is 0 Å². The standard InChI is InChI=1S/C9H11NO/c1-10-8-6-4-3-5-7-9(8)11-2/h3-6H,1,7H2,2H3. The molecule has 0 saturated carbocycles. The van der Waals surface area contributed by atoms with Crippen LogP contribution in [0.2, 0.25) is 0 Å². The molecule has 0 atom stereocenters. The topological polar surface area (TPSA) is 21.6 Å². The van der Waals surface area contributed by atoms with Gasteiger partial charge in [0.1, 0.15) is 11.5 Å². The number of rotatable bonds is 2. The molecule has 0 radical (unpaired) electrons. The molecule has 0 heterocycles. The van der Waals surface area contributed by atoms with E-state index in [9.17, 15) is 0 Å². The Morgan fingerprint density at radius 1 is 1.55 bits per heavy atom. The van der Waals surface area contributed by atoms with Gasteiger partial charge in [0.25, 0.3) is 0 Å². The lowest BCUT2D eigenvalue weighted by Gasteiger charge is -2.03. The highest BCUT2D eigenvalue weighted by Crippen LogP contribution is 2.15. The summed E-state index contributed by atoms with van der Waals surface area (Å²) in [4.78, 5) is 3.84. The first kappa shape index (κ1) is 7.79. The molecule has 1 aliphatic rings. The Balaban J connectivity index is 2.93. The summed E-state index contributed by atoms with van der Waals surface area (Å²) in [6, 6.07) is 0. The van der Waals surface area contributed by atoms with Crippen LogP contribution in [0.3, 0.4) is 0 Å². The highest BCUT2D eigenvalue weighted by atomic mass is 16.5. The molecular formula is C9H11NO. The molecule has 0 saturated heterocycles. The van der Waals surface area contributed by atoms with Crippen LogP contribution in [-0.4, -0.2) is 13.8 Å². The minimum Gasteiger partial charge on any atom is -0.499 e. The summed E-state index contributed by atoms with van der Waals surface area (Å²) < 4.78 is 5.12. The number of hydrogen-bond donors (Lipinski definition) is 0. The predicted molar refractivity (Wildman–Crippen MR) is 46.5 cm³/mol. The van der Waals surface area contributed by atoms with Gasteiger partial charge in [-0.25, -0.2) is 0 Å². The minimum atomic E-state index is 0.790. The van der Waals surface area contributed by atoms with E-state index < -0.39 is 0 Å².